The number of hydrogen-bond acceptors (Lipinski definition) is 3. The molecule has 4 nitrogen and oxygen atoms in total. The summed E-state index contributed by atoms with van der Waals surface area (Å²) in [6.07, 6.45) is 2.63. The van der Waals surface area contributed by atoms with Crippen LogP contribution in [0, 0.1) is 11.6 Å². The first kappa shape index (κ1) is 15.3. The van der Waals surface area contributed by atoms with E-state index in [1.165, 1.54) is 23.4 Å². The zero-order valence-corrected chi connectivity index (χ0v) is 11.9. The molecule has 0 unspecified atom stereocenters. The van der Waals surface area contributed by atoms with Gasteiger partial charge in [-0.05, 0) is 24.6 Å². The van der Waals surface area contributed by atoms with Crippen molar-refractivity contribution in [2.24, 2.45) is 0 Å². The maximum absolute atomic E-state index is 13.2. The van der Waals surface area contributed by atoms with E-state index < -0.39 is 11.6 Å². The van der Waals surface area contributed by atoms with Crippen molar-refractivity contribution in [1.82, 2.24) is 14.9 Å². The van der Waals surface area contributed by atoms with Gasteiger partial charge in [0.15, 0.2) is 11.6 Å². The minimum absolute atomic E-state index is 0.104. The first-order chi connectivity index (χ1) is 10.0. The second-order valence-electron chi connectivity index (χ2n) is 4.29. The average molecular weight is 312 g/mol. The molecule has 2 rings (SSSR count). The number of nitrogens with zero attached hydrogens (tertiary/aromatic N) is 3. The minimum atomic E-state index is -0.946. The number of benzene rings is 1. The fourth-order valence-electron chi connectivity index (χ4n) is 1.79. The molecule has 0 aliphatic carbocycles. The van der Waals surface area contributed by atoms with Gasteiger partial charge in [-0.15, -0.1) is 0 Å². The lowest BCUT2D eigenvalue weighted by molar-refractivity contribution is 0.0746. The summed E-state index contributed by atoms with van der Waals surface area (Å²) in [5, 5.41) is 0.115. The van der Waals surface area contributed by atoms with Gasteiger partial charge in [0.2, 0.25) is 0 Å². The van der Waals surface area contributed by atoms with E-state index in [0.29, 0.717) is 12.1 Å². The molecule has 0 fully saturated rings. The van der Waals surface area contributed by atoms with Crippen LogP contribution in [0.3, 0.4) is 0 Å². The highest BCUT2D eigenvalue weighted by molar-refractivity contribution is 6.29. The molecule has 1 aromatic heterocycles. The Bertz CT molecular complexity index is 666. The third-order valence-corrected chi connectivity index (χ3v) is 3.03. The van der Waals surface area contributed by atoms with Crippen molar-refractivity contribution in [3.63, 3.8) is 0 Å². The summed E-state index contributed by atoms with van der Waals surface area (Å²) in [4.78, 5) is 21.4. The van der Waals surface area contributed by atoms with Gasteiger partial charge in [-0.1, -0.05) is 17.7 Å². The molecule has 0 saturated carbocycles. The van der Waals surface area contributed by atoms with Gasteiger partial charge in [-0.3, -0.25) is 9.78 Å². The predicted molar refractivity (Wildman–Crippen MR) is 73.8 cm³/mol. The number of amides is 1. The molecule has 1 aromatic carbocycles. The lowest BCUT2D eigenvalue weighted by atomic mass is 10.2. The van der Waals surface area contributed by atoms with Crippen molar-refractivity contribution in [1.29, 1.82) is 0 Å². The Morgan fingerprint density at radius 3 is 2.67 bits per heavy atom. The molecule has 21 heavy (non-hydrogen) atoms. The minimum Gasteiger partial charge on any atom is -0.333 e. The summed E-state index contributed by atoms with van der Waals surface area (Å²) in [5.41, 5.74) is 0.589. The normalized spacial score (nSPS) is 10.5. The highest BCUT2D eigenvalue weighted by Gasteiger charge is 2.17. The number of aromatic nitrogens is 2. The van der Waals surface area contributed by atoms with Gasteiger partial charge in [-0.25, -0.2) is 13.8 Å². The second-order valence-corrected chi connectivity index (χ2v) is 4.68. The van der Waals surface area contributed by atoms with E-state index in [9.17, 15) is 13.6 Å². The van der Waals surface area contributed by atoms with Crippen LogP contribution >= 0.6 is 11.6 Å². The molecular weight excluding hydrogens is 300 g/mol. The first-order valence-electron chi connectivity index (χ1n) is 6.22. The smallest absolute Gasteiger partial charge is 0.274 e. The number of halogens is 3. The molecule has 0 spiro atoms. The van der Waals surface area contributed by atoms with Crippen LogP contribution in [0.15, 0.2) is 30.6 Å². The summed E-state index contributed by atoms with van der Waals surface area (Å²) in [6, 6.07) is 3.52. The number of hydrogen-bond donors (Lipinski definition) is 0. The molecule has 1 amide bonds. The Balaban J connectivity index is 2.19. The van der Waals surface area contributed by atoms with Gasteiger partial charge >= 0.3 is 0 Å². The van der Waals surface area contributed by atoms with Gasteiger partial charge in [0.25, 0.3) is 5.91 Å². The number of rotatable bonds is 4. The molecule has 0 radical (unpaired) electrons. The van der Waals surface area contributed by atoms with Crippen LogP contribution in [0.5, 0.6) is 0 Å². The van der Waals surface area contributed by atoms with Gasteiger partial charge in [0, 0.05) is 13.1 Å². The molecule has 0 atom stereocenters. The Morgan fingerprint density at radius 1 is 1.29 bits per heavy atom. The Kier molecular flexibility index (Phi) is 4.80. The lowest BCUT2D eigenvalue weighted by Crippen LogP contribution is -2.31. The van der Waals surface area contributed by atoms with E-state index in [2.05, 4.69) is 9.97 Å². The van der Waals surface area contributed by atoms with E-state index in [1.54, 1.807) is 6.92 Å². The van der Waals surface area contributed by atoms with E-state index in [4.69, 9.17) is 11.6 Å². The molecular formula is C14H12ClF2N3O. The summed E-state index contributed by atoms with van der Waals surface area (Å²) < 4.78 is 26.1. The van der Waals surface area contributed by atoms with E-state index in [0.717, 1.165) is 12.1 Å². The van der Waals surface area contributed by atoms with Crippen molar-refractivity contribution in [3.8, 4) is 0 Å². The molecule has 7 heteroatoms. The molecule has 0 aliphatic rings. The van der Waals surface area contributed by atoms with Gasteiger partial charge in [0.1, 0.15) is 10.8 Å². The monoisotopic (exact) mass is 311 g/mol. The van der Waals surface area contributed by atoms with Crippen LogP contribution in [0.4, 0.5) is 8.78 Å². The zero-order valence-electron chi connectivity index (χ0n) is 11.2. The largest absolute Gasteiger partial charge is 0.333 e. The van der Waals surface area contributed by atoms with E-state index in [1.807, 2.05) is 0 Å². The highest BCUT2D eigenvalue weighted by atomic mass is 35.5. The van der Waals surface area contributed by atoms with Crippen LogP contribution in [0.25, 0.3) is 0 Å². The van der Waals surface area contributed by atoms with Crippen LogP contribution in [-0.4, -0.2) is 27.3 Å². The Morgan fingerprint density at radius 2 is 2.05 bits per heavy atom. The Labute approximate surface area is 125 Å². The van der Waals surface area contributed by atoms with Crippen molar-refractivity contribution in [2.45, 2.75) is 13.5 Å². The molecule has 2 aromatic rings. The fourth-order valence-corrected chi connectivity index (χ4v) is 1.94. The third kappa shape index (κ3) is 3.72. The van der Waals surface area contributed by atoms with Crippen molar-refractivity contribution < 1.29 is 13.6 Å². The van der Waals surface area contributed by atoms with E-state index >= 15 is 0 Å². The first-order valence-corrected chi connectivity index (χ1v) is 6.59. The number of carbonyl (C=O) groups excluding carboxylic acids is 1. The quantitative estimate of drug-likeness (QED) is 0.871. The standard InChI is InChI=1S/C14H12ClF2N3O/c1-2-20(8-9-3-4-10(16)11(17)5-9)14(21)12-6-18-7-13(15)19-12/h3-7H,2,8H2,1H3. The third-order valence-electron chi connectivity index (χ3n) is 2.85. The molecule has 110 valence electrons. The molecule has 0 aliphatic heterocycles. The molecule has 0 N–H and O–H groups in total. The van der Waals surface area contributed by atoms with Gasteiger partial charge in [0.05, 0.1) is 12.4 Å². The summed E-state index contributed by atoms with van der Waals surface area (Å²) in [7, 11) is 0. The zero-order chi connectivity index (χ0) is 15.4. The topological polar surface area (TPSA) is 46.1 Å². The van der Waals surface area contributed by atoms with Crippen molar-refractivity contribution >= 4 is 17.5 Å². The number of carbonyl (C=O) groups is 1. The lowest BCUT2D eigenvalue weighted by Gasteiger charge is -2.20. The predicted octanol–water partition coefficient (Wildman–Crippen LogP) is 3.07. The van der Waals surface area contributed by atoms with Gasteiger partial charge < -0.3 is 4.90 Å². The second kappa shape index (κ2) is 6.58. The highest BCUT2D eigenvalue weighted by Crippen LogP contribution is 2.13. The molecule has 1 heterocycles. The van der Waals surface area contributed by atoms with Crippen molar-refractivity contribution in [2.75, 3.05) is 6.54 Å². The fraction of sp³-hybridized carbons (Fsp3) is 0.214. The molecule has 0 bridgehead atoms. The maximum Gasteiger partial charge on any atom is 0.274 e. The summed E-state index contributed by atoms with van der Waals surface area (Å²) in [5.74, 6) is -2.25. The molecule has 0 saturated heterocycles. The Hall–Kier alpha value is -2.08. The van der Waals surface area contributed by atoms with Gasteiger partial charge in [-0.2, -0.15) is 0 Å². The average Bonchev–Trinajstić information content (AvgIpc) is 2.47. The van der Waals surface area contributed by atoms with Crippen molar-refractivity contribution in [3.05, 3.63) is 58.6 Å². The van der Waals surface area contributed by atoms with Crippen LogP contribution < -0.4 is 0 Å². The SMILES string of the molecule is CCN(Cc1ccc(F)c(F)c1)C(=O)c1cncc(Cl)n1. The van der Waals surface area contributed by atoms with Crippen LogP contribution in [0.1, 0.15) is 23.0 Å². The van der Waals surface area contributed by atoms with Crippen LogP contribution in [-0.2, 0) is 6.54 Å². The van der Waals surface area contributed by atoms with E-state index in [-0.39, 0.29) is 23.3 Å². The van der Waals surface area contributed by atoms with Crippen LogP contribution in [0.2, 0.25) is 5.15 Å². The summed E-state index contributed by atoms with van der Waals surface area (Å²) in [6.45, 7) is 2.29. The maximum atomic E-state index is 13.2. The summed E-state index contributed by atoms with van der Waals surface area (Å²) >= 11 is 5.70.